The van der Waals surface area contributed by atoms with Crippen LogP contribution in [0.4, 0.5) is 0 Å². The summed E-state index contributed by atoms with van der Waals surface area (Å²) in [5.41, 5.74) is 3.32. The van der Waals surface area contributed by atoms with Gasteiger partial charge in [-0.05, 0) is 38.9 Å². The number of hydrogen-bond donors (Lipinski definition) is 0. The molecule has 148 valence electrons. The second kappa shape index (κ2) is 7.29. The van der Waals surface area contributed by atoms with Crippen LogP contribution in [0, 0.1) is 6.92 Å². The Bertz CT molecular complexity index is 1200. The third-order valence-electron chi connectivity index (χ3n) is 5.33. The number of nitrogens with zero attached hydrogens (tertiary/aromatic N) is 6. The van der Waals surface area contributed by atoms with E-state index in [4.69, 9.17) is 4.52 Å². The van der Waals surface area contributed by atoms with Crippen LogP contribution >= 0.6 is 0 Å². The van der Waals surface area contributed by atoms with Gasteiger partial charge in [-0.2, -0.15) is 10.1 Å². The number of benzene rings is 1. The molecule has 1 aliphatic heterocycles. The molecule has 0 amide bonds. The summed E-state index contributed by atoms with van der Waals surface area (Å²) in [5, 5.41) is 8.57. The summed E-state index contributed by atoms with van der Waals surface area (Å²) in [7, 11) is 0. The molecule has 0 unspecified atom stereocenters. The molecule has 29 heavy (non-hydrogen) atoms. The summed E-state index contributed by atoms with van der Waals surface area (Å²) >= 11 is 0. The average molecular weight is 390 g/mol. The van der Waals surface area contributed by atoms with Crippen molar-refractivity contribution >= 4 is 5.52 Å². The van der Waals surface area contributed by atoms with Crippen LogP contribution in [0.1, 0.15) is 30.1 Å². The first kappa shape index (κ1) is 17.8. The van der Waals surface area contributed by atoms with Crippen molar-refractivity contribution in [1.29, 1.82) is 0 Å². The van der Waals surface area contributed by atoms with Crippen LogP contribution in [-0.2, 0) is 13.1 Å². The zero-order chi connectivity index (χ0) is 19.8. The van der Waals surface area contributed by atoms with Crippen LogP contribution in [0.2, 0.25) is 0 Å². The van der Waals surface area contributed by atoms with E-state index in [9.17, 15) is 4.79 Å². The smallest absolute Gasteiger partial charge is 0.277 e. The number of aryl methyl sites for hydroxylation is 1. The fourth-order valence-electron chi connectivity index (χ4n) is 3.72. The van der Waals surface area contributed by atoms with Crippen LogP contribution in [0.15, 0.2) is 52.0 Å². The number of fused-ring (bicyclic) bond motifs is 1. The summed E-state index contributed by atoms with van der Waals surface area (Å²) < 4.78 is 8.56. The van der Waals surface area contributed by atoms with Crippen molar-refractivity contribution in [3.8, 4) is 11.3 Å². The van der Waals surface area contributed by atoms with Crippen molar-refractivity contribution in [2.24, 2.45) is 0 Å². The van der Waals surface area contributed by atoms with Crippen LogP contribution in [0.3, 0.4) is 0 Å². The van der Waals surface area contributed by atoms with Gasteiger partial charge in [0, 0.05) is 18.0 Å². The highest BCUT2D eigenvalue weighted by molar-refractivity contribution is 5.65. The highest BCUT2D eigenvalue weighted by Crippen LogP contribution is 2.19. The van der Waals surface area contributed by atoms with Gasteiger partial charge in [0.15, 0.2) is 5.82 Å². The van der Waals surface area contributed by atoms with Crippen molar-refractivity contribution in [1.82, 2.24) is 29.2 Å². The van der Waals surface area contributed by atoms with E-state index in [-0.39, 0.29) is 12.1 Å². The van der Waals surface area contributed by atoms with Gasteiger partial charge < -0.3 is 9.09 Å². The summed E-state index contributed by atoms with van der Waals surface area (Å²) in [6.07, 6.45) is 5.91. The summed E-state index contributed by atoms with van der Waals surface area (Å²) in [6, 6.07) is 9.91. The number of likely N-dealkylation sites (tertiary alicyclic amines) is 1. The van der Waals surface area contributed by atoms with E-state index >= 15 is 0 Å². The van der Waals surface area contributed by atoms with Crippen LogP contribution < -0.4 is 5.56 Å². The first-order chi connectivity index (χ1) is 14.2. The summed E-state index contributed by atoms with van der Waals surface area (Å²) in [4.78, 5) is 19.7. The molecule has 0 spiro atoms. The Labute approximate surface area is 167 Å². The molecule has 1 fully saturated rings. The predicted octanol–water partition coefficient (Wildman–Crippen LogP) is 2.50. The largest absolute Gasteiger partial charge is 0.338 e. The standard InChI is InChI=1S/C21H22N6O2/c1-15-4-6-16(7-5-15)17-12-18-21(28)26(10-11-27(18)23-17)13-19-22-20(29-24-19)14-25-8-2-3-9-25/h4-7,10-12H,2-3,8-9,13-14H2,1H3. The van der Waals surface area contributed by atoms with Crippen LogP contribution in [0.5, 0.6) is 0 Å². The first-order valence-electron chi connectivity index (χ1n) is 9.85. The van der Waals surface area contributed by atoms with E-state index in [1.807, 2.05) is 37.3 Å². The highest BCUT2D eigenvalue weighted by Gasteiger charge is 2.16. The van der Waals surface area contributed by atoms with Gasteiger partial charge in [0.2, 0.25) is 5.89 Å². The molecule has 4 heterocycles. The molecule has 4 aromatic rings. The summed E-state index contributed by atoms with van der Waals surface area (Å²) in [5.74, 6) is 1.10. The molecule has 3 aromatic heterocycles. The zero-order valence-corrected chi connectivity index (χ0v) is 16.3. The lowest BCUT2D eigenvalue weighted by molar-refractivity contribution is 0.267. The van der Waals surface area contributed by atoms with Crippen LogP contribution in [-0.4, -0.2) is 42.3 Å². The van der Waals surface area contributed by atoms with Gasteiger partial charge in [0.05, 0.1) is 18.8 Å². The molecule has 1 aliphatic rings. The molecule has 0 N–H and O–H groups in total. The highest BCUT2D eigenvalue weighted by atomic mass is 16.5. The van der Waals surface area contributed by atoms with Crippen molar-refractivity contribution in [3.63, 3.8) is 0 Å². The van der Waals surface area contributed by atoms with E-state index in [1.165, 1.54) is 18.4 Å². The number of rotatable bonds is 5. The fraction of sp³-hybridized carbons (Fsp3) is 0.333. The molecule has 0 radical (unpaired) electrons. The lowest BCUT2D eigenvalue weighted by Gasteiger charge is -2.09. The Morgan fingerprint density at radius 3 is 2.66 bits per heavy atom. The maximum absolute atomic E-state index is 12.9. The average Bonchev–Trinajstić information content (AvgIpc) is 3.46. The topological polar surface area (TPSA) is 81.5 Å². The number of hydrogen-bond acceptors (Lipinski definition) is 6. The fourth-order valence-corrected chi connectivity index (χ4v) is 3.72. The number of aromatic nitrogens is 5. The molecule has 1 saturated heterocycles. The Kier molecular flexibility index (Phi) is 4.48. The van der Waals surface area contributed by atoms with E-state index in [0.717, 1.165) is 24.3 Å². The van der Waals surface area contributed by atoms with Gasteiger partial charge in [0.25, 0.3) is 5.56 Å². The van der Waals surface area contributed by atoms with Crippen molar-refractivity contribution in [3.05, 3.63) is 70.4 Å². The van der Waals surface area contributed by atoms with Gasteiger partial charge in [0.1, 0.15) is 5.52 Å². The molecule has 0 atom stereocenters. The second-order valence-electron chi connectivity index (χ2n) is 7.54. The van der Waals surface area contributed by atoms with Gasteiger partial charge in [-0.25, -0.2) is 4.52 Å². The molecular weight excluding hydrogens is 368 g/mol. The van der Waals surface area contributed by atoms with E-state index in [0.29, 0.717) is 23.8 Å². The van der Waals surface area contributed by atoms with Gasteiger partial charge in [-0.3, -0.25) is 9.69 Å². The van der Waals surface area contributed by atoms with E-state index in [2.05, 4.69) is 20.1 Å². The first-order valence-corrected chi connectivity index (χ1v) is 9.85. The monoisotopic (exact) mass is 390 g/mol. The molecule has 0 saturated carbocycles. The maximum atomic E-state index is 12.9. The zero-order valence-electron chi connectivity index (χ0n) is 16.3. The molecule has 0 aliphatic carbocycles. The molecular formula is C21H22N6O2. The van der Waals surface area contributed by atoms with E-state index in [1.54, 1.807) is 21.5 Å². The maximum Gasteiger partial charge on any atom is 0.277 e. The quantitative estimate of drug-likeness (QED) is 0.521. The Balaban J connectivity index is 1.39. The van der Waals surface area contributed by atoms with Crippen molar-refractivity contribution in [2.45, 2.75) is 32.9 Å². The second-order valence-corrected chi connectivity index (χ2v) is 7.54. The van der Waals surface area contributed by atoms with E-state index < -0.39 is 0 Å². The Hall–Kier alpha value is -3.26. The minimum absolute atomic E-state index is 0.135. The molecule has 8 heteroatoms. The summed E-state index contributed by atoms with van der Waals surface area (Å²) in [6.45, 7) is 5.12. The van der Waals surface area contributed by atoms with Gasteiger partial charge in [-0.15, -0.1) is 0 Å². The van der Waals surface area contributed by atoms with Crippen molar-refractivity contribution < 1.29 is 4.52 Å². The lowest BCUT2D eigenvalue weighted by Crippen LogP contribution is -2.22. The molecule has 0 bridgehead atoms. The predicted molar refractivity (Wildman–Crippen MR) is 108 cm³/mol. The van der Waals surface area contributed by atoms with Crippen LogP contribution in [0.25, 0.3) is 16.8 Å². The molecule has 8 nitrogen and oxygen atoms in total. The normalized spacial score (nSPS) is 14.8. The van der Waals surface area contributed by atoms with Gasteiger partial charge >= 0.3 is 0 Å². The minimum atomic E-state index is -0.135. The van der Waals surface area contributed by atoms with Gasteiger partial charge in [-0.1, -0.05) is 35.0 Å². The molecule has 5 rings (SSSR count). The third-order valence-corrected chi connectivity index (χ3v) is 5.33. The molecule has 1 aromatic carbocycles. The SMILES string of the molecule is Cc1ccc(-c2cc3c(=O)n(Cc4noc(CN5CCCC5)n4)ccn3n2)cc1. The Morgan fingerprint density at radius 2 is 1.86 bits per heavy atom. The lowest BCUT2D eigenvalue weighted by atomic mass is 10.1. The Morgan fingerprint density at radius 1 is 1.07 bits per heavy atom. The van der Waals surface area contributed by atoms with Crippen molar-refractivity contribution in [2.75, 3.05) is 13.1 Å². The minimum Gasteiger partial charge on any atom is -0.338 e. The third kappa shape index (κ3) is 3.58.